The first-order valence-corrected chi connectivity index (χ1v) is 6.66. The molecule has 1 aliphatic carbocycles. The molecule has 0 radical (unpaired) electrons. The quantitative estimate of drug-likeness (QED) is 0.548. The molecule has 0 aromatic rings. The summed E-state index contributed by atoms with van der Waals surface area (Å²) in [4.78, 5) is 2.78. The summed E-state index contributed by atoms with van der Waals surface area (Å²) in [5.74, 6) is 0.918. The molecule has 2 aliphatic heterocycles. The number of rotatable bonds is 0. The molecule has 0 aromatic heterocycles. The molecule has 15 heavy (non-hydrogen) atoms. The number of piperidine rings is 1. The summed E-state index contributed by atoms with van der Waals surface area (Å²) in [6.45, 7) is 7.60. The molecular weight excluding hydrogens is 182 g/mol. The number of hydrogen-bond donors (Lipinski definition) is 0. The minimum Gasteiger partial charge on any atom is -0.294 e. The fourth-order valence-electron chi connectivity index (χ4n) is 4.04. The van der Waals surface area contributed by atoms with Crippen LogP contribution in [0.15, 0.2) is 11.1 Å². The first kappa shape index (κ1) is 9.89. The van der Waals surface area contributed by atoms with Crippen molar-refractivity contribution in [3.63, 3.8) is 0 Å². The van der Waals surface area contributed by atoms with Crippen LogP contribution in [0.2, 0.25) is 0 Å². The van der Waals surface area contributed by atoms with Gasteiger partial charge in [0.15, 0.2) is 0 Å². The third-order valence-corrected chi connectivity index (χ3v) is 5.02. The van der Waals surface area contributed by atoms with Crippen LogP contribution in [0.3, 0.4) is 0 Å². The van der Waals surface area contributed by atoms with E-state index in [2.05, 4.69) is 18.7 Å². The van der Waals surface area contributed by atoms with Crippen LogP contribution < -0.4 is 0 Å². The first-order valence-electron chi connectivity index (χ1n) is 6.66. The second-order valence-electron chi connectivity index (χ2n) is 6.05. The van der Waals surface area contributed by atoms with E-state index in [0.29, 0.717) is 5.54 Å². The Morgan fingerprint density at radius 1 is 1.27 bits per heavy atom. The molecule has 3 rings (SSSR count). The maximum atomic E-state index is 2.78. The maximum Gasteiger partial charge on any atom is 0.0395 e. The minimum atomic E-state index is 0.469. The lowest BCUT2D eigenvalue weighted by atomic mass is 9.75. The zero-order chi connectivity index (χ0) is 10.5. The van der Waals surface area contributed by atoms with Crippen molar-refractivity contribution in [1.29, 1.82) is 0 Å². The van der Waals surface area contributed by atoms with Gasteiger partial charge in [-0.2, -0.15) is 0 Å². The Labute approximate surface area is 93.5 Å². The van der Waals surface area contributed by atoms with Gasteiger partial charge in [0.25, 0.3) is 0 Å². The molecular formula is C14H23N. The molecule has 2 heterocycles. The highest BCUT2D eigenvalue weighted by molar-refractivity contribution is 5.33. The van der Waals surface area contributed by atoms with Crippen molar-refractivity contribution in [3.05, 3.63) is 11.1 Å². The molecule has 0 N–H and O–H groups in total. The van der Waals surface area contributed by atoms with E-state index in [-0.39, 0.29) is 0 Å². The van der Waals surface area contributed by atoms with Crippen molar-refractivity contribution in [2.24, 2.45) is 5.92 Å². The van der Waals surface area contributed by atoms with Crippen molar-refractivity contribution in [2.45, 2.75) is 57.9 Å². The smallest absolute Gasteiger partial charge is 0.0395 e. The lowest BCUT2D eigenvalue weighted by molar-refractivity contribution is 0.0538. The summed E-state index contributed by atoms with van der Waals surface area (Å²) in [5.41, 5.74) is 4.15. The fourth-order valence-corrected chi connectivity index (χ4v) is 4.04. The first-order chi connectivity index (χ1) is 7.20. The molecule has 0 unspecified atom stereocenters. The van der Waals surface area contributed by atoms with E-state index in [0.717, 1.165) is 5.92 Å². The zero-order valence-corrected chi connectivity index (χ0v) is 10.2. The van der Waals surface area contributed by atoms with Crippen molar-refractivity contribution in [2.75, 3.05) is 13.1 Å². The minimum absolute atomic E-state index is 0.469. The summed E-state index contributed by atoms with van der Waals surface area (Å²) >= 11 is 0. The van der Waals surface area contributed by atoms with Gasteiger partial charge in [0, 0.05) is 18.6 Å². The van der Waals surface area contributed by atoms with Crippen LogP contribution in [-0.4, -0.2) is 23.5 Å². The predicted molar refractivity (Wildman–Crippen MR) is 63.9 cm³/mol. The van der Waals surface area contributed by atoms with Gasteiger partial charge in [-0.25, -0.2) is 0 Å². The van der Waals surface area contributed by atoms with Crippen LogP contribution in [-0.2, 0) is 0 Å². The van der Waals surface area contributed by atoms with Gasteiger partial charge in [-0.3, -0.25) is 4.90 Å². The lowest BCUT2D eigenvalue weighted by Gasteiger charge is -2.51. The third-order valence-electron chi connectivity index (χ3n) is 5.02. The Bertz CT molecular complexity index is 304. The Morgan fingerprint density at radius 3 is 3.00 bits per heavy atom. The van der Waals surface area contributed by atoms with Gasteiger partial charge < -0.3 is 0 Å². The van der Waals surface area contributed by atoms with E-state index in [1.165, 1.54) is 51.6 Å². The maximum absolute atomic E-state index is 2.78. The number of nitrogens with zero attached hydrogens (tertiary/aromatic N) is 1. The molecule has 1 fully saturated rings. The molecule has 0 spiro atoms. The van der Waals surface area contributed by atoms with Crippen LogP contribution in [0.25, 0.3) is 0 Å². The molecule has 1 saturated heterocycles. The van der Waals surface area contributed by atoms with Crippen LogP contribution in [0.5, 0.6) is 0 Å². The molecule has 2 atom stereocenters. The van der Waals surface area contributed by atoms with E-state index in [9.17, 15) is 0 Å². The van der Waals surface area contributed by atoms with Crippen molar-refractivity contribution >= 4 is 0 Å². The number of fused-ring (bicyclic) bond motifs is 2. The molecule has 0 aromatic carbocycles. The van der Waals surface area contributed by atoms with Gasteiger partial charge in [0.2, 0.25) is 0 Å². The SMILES string of the molecule is C[C@H]1CC[C@]2(C)C3=C(CCC3)CCN2C1. The third kappa shape index (κ3) is 1.39. The highest BCUT2D eigenvalue weighted by atomic mass is 15.2. The van der Waals surface area contributed by atoms with Gasteiger partial charge in [0.1, 0.15) is 0 Å². The van der Waals surface area contributed by atoms with Gasteiger partial charge in [-0.15, -0.1) is 0 Å². The lowest BCUT2D eigenvalue weighted by Crippen LogP contribution is -2.55. The van der Waals surface area contributed by atoms with Crippen LogP contribution in [0, 0.1) is 5.92 Å². The van der Waals surface area contributed by atoms with Crippen LogP contribution in [0.4, 0.5) is 0 Å². The van der Waals surface area contributed by atoms with Gasteiger partial charge in [-0.1, -0.05) is 18.1 Å². The Hall–Kier alpha value is -0.300. The molecule has 0 saturated carbocycles. The fraction of sp³-hybridized carbons (Fsp3) is 0.857. The predicted octanol–water partition coefficient (Wildman–Crippen LogP) is 3.36. The highest BCUT2D eigenvalue weighted by Crippen LogP contribution is 2.47. The largest absolute Gasteiger partial charge is 0.294 e. The summed E-state index contributed by atoms with van der Waals surface area (Å²) < 4.78 is 0. The average molecular weight is 205 g/mol. The summed E-state index contributed by atoms with van der Waals surface area (Å²) in [6.07, 6.45) is 8.46. The number of hydrogen-bond acceptors (Lipinski definition) is 1. The molecule has 3 aliphatic rings. The standard InChI is InChI=1S/C14H23N/c1-11-6-8-14(2)13-5-3-4-12(13)7-9-15(14)10-11/h11H,3-10H2,1-2H3/t11-,14+/m0/s1. The van der Waals surface area contributed by atoms with E-state index in [1.807, 2.05) is 11.1 Å². The Kier molecular flexibility index (Phi) is 2.21. The van der Waals surface area contributed by atoms with Gasteiger partial charge in [-0.05, 0) is 51.4 Å². The monoisotopic (exact) mass is 205 g/mol. The summed E-state index contributed by atoms with van der Waals surface area (Å²) in [6, 6.07) is 0. The van der Waals surface area contributed by atoms with Crippen molar-refractivity contribution in [1.82, 2.24) is 4.90 Å². The molecule has 0 amide bonds. The zero-order valence-electron chi connectivity index (χ0n) is 10.2. The average Bonchev–Trinajstić information content (AvgIpc) is 2.68. The summed E-state index contributed by atoms with van der Waals surface area (Å²) in [7, 11) is 0. The normalized spacial score (nSPS) is 41.6. The highest BCUT2D eigenvalue weighted by Gasteiger charge is 2.43. The summed E-state index contributed by atoms with van der Waals surface area (Å²) in [5, 5.41) is 0. The Morgan fingerprint density at radius 2 is 2.13 bits per heavy atom. The second-order valence-corrected chi connectivity index (χ2v) is 6.05. The van der Waals surface area contributed by atoms with E-state index in [1.54, 1.807) is 0 Å². The van der Waals surface area contributed by atoms with Crippen molar-refractivity contribution < 1.29 is 0 Å². The Balaban J connectivity index is 1.94. The molecule has 0 bridgehead atoms. The molecule has 84 valence electrons. The topological polar surface area (TPSA) is 3.24 Å². The van der Waals surface area contributed by atoms with E-state index in [4.69, 9.17) is 0 Å². The molecule has 1 heteroatoms. The molecule has 1 nitrogen and oxygen atoms in total. The van der Waals surface area contributed by atoms with Gasteiger partial charge >= 0.3 is 0 Å². The van der Waals surface area contributed by atoms with Crippen LogP contribution in [0.1, 0.15) is 52.4 Å². The van der Waals surface area contributed by atoms with Crippen LogP contribution >= 0.6 is 0 Å². The van der Waals surface area contributed by atoms with Gasteiger partial charge in [0.05, 0.1) is 0 Å². The van der Waals surface area contributed by atoms with E-state index < -0.39 is 0 Å². The van der Waals surface area contributed by atoms with Crippen molar-refractivity contribution in [3.8, 4) is 0 Å². The second kappa shape index (κ2) is 3.35. The van der Waals surface area contributed by atoms with E-state index >= 15 is 0 Å².